The third kappa shape index (κ3) is 4.78. The lowest BCUT2D eigenvalue weighted by atomic mass is 9.95. The molecule has 180 valence electrons. The summed E-state index contributed by atoms with van der Waals surface area (Å²) in [6, 6.07) is 12.3. The van der Waals surface area contributed by atoms with Crippen LogP contribution in [-0.4, -0.2) is 28.7 Å². The lowest BCUT2D eigenvalue weighted by molar-refractivity contribution is -0.384. The first-order valence-corrected chi connectivity index (χ1v) is 11.8. The normalized spacial score (nSPS) is 15.4. The van der Waals surface area contributed by atoms with Crippen LogP contribution in [0.3, 0.4) is 0 Å². The maximum atomic E-state index is 13.6. The second kappa shape index (κ2) is 10.1. The highest BCUT2D eigenvalue weighted by atomic mass is 32.1. The molecule has 0 amide bonds. The van der Waals surface area contributed by atoms with E-state index in [0.29, 0.717) is 27.2 Å². The zero-order valence-electron chi connectivity index (χ0n) is 19.4. The molecule has 35 heavy (non-hydrogen) atoms. The van der Waals surface area contributed by atoms with Crippen molar-refractivity contribution in [3.8, 4) is 5.75 Å². The van der Waals surface area contributed by atoms with Crippen molar-refractivity contribution in [2.24, 2.45) is 4.99 Å². The van der Waals surface area contributed by atoms with Crippen LogP contribution in [-0.2, 0) is 9.53 Å². The molecule has 0 spiro atoms. The second-order valence-electron chi connectivity index (χ2n) is 7.66. The maximum absolute atomic E-state index is 13.6. The highest BCUT2D eigenvalue weighted by molar-refractivity contribution is 7.07. The Morgan fingerprint density at radius 3 is 2.60 bits per heavy atom. The van der Waals surface area contributed by atoms with E-state index < -0.39 is 16.9 Å². The van der Waals surface area contributed by atoms with Gasteiger partial charge < -0.3 is 9.47 Å². The van der Waals surface area contributed by atoms with Gasteiger partial charge in [0.2, 0.25) is 0 Å². The van der Waals surface area contributed by atoms with E-state index >= 15 is 0 Å². The molecule has 2 aromatic carbocycles. The van der Waals surface area contributed by atoms with E-state index in [9.17, 15) is 19.7 Å². The van der Waals surface area contributed by atoms with Gasteiger partial charge in [-0.05, 0) is 50.1 Å². The summed E-state index contributed by atoms with van der Waals surface area (Å²) in [7, 11) is 0. The number of nitrogens with zero attached hydrogens (tertiary/aromatic N) is 3. The van der Waals surface area contributed by atoms with Crippen molar-refractivity contribution in [2.75, 3.05) is 13.2 Å². The first kappa shape index (κ1) is 24.1. The fraction of sp³-hybridized carbons (Fsp3) is 0.240. The molecule has 1 aliphatic heterocycles. The Morgan fingerprint density at radius 2 is 1.94 bits per heavy atom. The van der Waals surface area contributed by atoms with E-state index in [1.165, 1.54) is 34.1 Å². The topological polar surface area (TPSA) is 113 Å². The number of thiazole rings is 1. The fourth-order valence-electron chi connectivity index (χ4n) is 3.89. The van der Waals surface area contributed by atoms with Crippen molar-refractivity contribution in [3.05, 3.63) is 101 Å². The molecule has 3 aromatic rings. The van der Waals surface area contributed by atoms with Crippen molar-refractivity contribution in [2.45, 2.75) is 26.8 Å². The van der Waals surface area contributed by atoms with Crippen LogP contribution in [0.15, 0.2) is 69.6 Å². The highest BCUT2D eigenvalue weighted by Crippen LogP contribution is 2.32. The molecule has 9 nitrogen and oxygen atoms in total. The first-order chi connectivity index (χ1) is 16.8. The third-order valence-corrected chi connectivity index (χ3v) is 6.39. The predicted octanol–water partition coefficient (Wildman–Crippen LogP) is 3.11. The summed E-state index contributed by atoms with van der Waals surface area (Å²) in [5.74, 6) is 0.109. The van der Waals surface area contributed by atoms with Gasteiger partial charge in [0, 0.05) is 12.1 Å². The van der Waals surface area contributed by atoms with Gasteiger partial charge in [0.25, 0.3) is 11.2 Å². The van der Waals surface area contributed by atoms with Crippen LogP contribution in [0.4, 0.5) is 5.69 Å². The number of nitro benzene ring substituents is 1. The van der Waals surface area contributed by atoms with Crippen molar-refractivity contribution in [3.63, 3.8) is 0 Å². The summed E-state index contributed by atoms with van der Waals surface area (Å²) < 4.78 is 12.5. The lowest BCUT2D eigenvalue weighted by Gasteiger charge is -2.24. The number of nitro groups is 1. The summed E-state index contributed by atoms with van der Waals surface area (Å²) in [4.78, 5) is 42.3. The monoisotopic (exact) mass is 493 g/mol. The SMILES string of the molecule is CCOC(=O)C1=C(C)N=c2sc(=Cc3ccc(OCC)cc3)c(=O)n2C1c1cccc([N+](=O)[O-])c1. The van der Waals surface area contributed by atoms with E-state index in [1.807, 2.05) is 31.2 Å². The van der Waals surface area contributed by atoms with Gasteiger partial charge in [0.05, 0.1) is 40.0 Å². The van der Waals surface area contributed by atoms with Crippen LogP contribution >= 0.6 is 11.3 Å². The largest absolute Gasteiger partial charge is 0.494 e. The number of allylic oxidation sites excluding steroid dienone is 1. The first-order valence-electron chi connectivity index (χ1n) is 11.0. The average Bonchev–Trinajstić information content (AvgIpc) is 3.14. The van der Waals surface area contributed by atoms with Gasteiger partial charge >= 0.3 is 5.97 Å². The molecular weight excluding hydrogens is 470 g/mol. The second-order valence-corrected chi connectivity index (χ2v) is 8.67. The number of rotatable bonds is 7. The van der Waals surface area contributed by atoms with Gasteiger partial charge in [-0.3, -0.25) is 19.5 Å². The molecule has 1 aromatic heterocycles. The van der Waals surface area contributed by atoms with Crippen LogP contribution in [0.2, 0.25) is 0 Å². The van der Waals surface area contributed by atoms with Gasteiger partial charge in [-0.2, -0.15) is 0 Å². The van der Waals surface area contributed by atoms with Gasteiger partial charge in [-0.1, -0.05) is 35.6 Å². The van der Waals surface area contributed by atoms with Crippen molar-refractivity contribution in [1.29, 1.82) is 0 Å². The Balaban J connectivity index is 1.91. The minimum Gasteiger partial charge on any atom is -0.494 e. The van der Waals surface area contributed by atoms with Crippen LogP contribution < -0.4 is 19.6 Å². The van der Waals surface area contributed by atoms with Gasteiger partial charge in [0.15, 0.2) is 4.80 Å². The lowest BCUT2D eigenvalue weighted by Crippen LogP contribution is -2.39. The third-order valence-electron chi connectivity index (χ3n) is 5.40. The number of hydrogen-bond acceptors (Lipinski definition) is 8. The zero-order valence-corrected chi connectivity index (χ0v) is 20.2. The van der Waals surface area contributed by atoms with Crippen LogP contribution in [0.5, 0.6) is 5.75 Å². The molecule has 1 atom stereocenters. The van der Waals surface area contributed by atoms with Gasteiger partial charge in [-0.25, -0.2) is 9.79 Å². The molecule has 0 saturated carbocycles. The number of hydrogen-bond donors (Lipinski definition) is 0. The van der Waals surface area contributed by atoms with Crippen LogP contribution in [0.25, 0.3) is 6.08 Å². The Labute approximate surface area is 204 Å². The van der Waals surface area contributed by atoms with Crippen molar-refractivity contribution < 1.29 is 19.2 Å². The molecule has 10 heteroatoms. The molecule has 0 bridgehead atoms. The molecule has 0 radical (unpaired) electrons. The maximum Gasteiger partial charge on any atom is 0.338 e. The van der Waals surface area contributed by atoms with E-state index in [0.717, 1.165) is 11.3 Å². The van der Waals surface area contributed by atoms with E-state index in [1.54, 1.807) is 26.0 Å². The number of esters is 1. The quantitative estimate of drug-likeness (QED) is 0.284. The number of carbonyl (C=O) groups excluding carboxylic acids is 1. The van der Waals surface area contributed by atoms with Crippen molar-refractivity contribution >= 4 is 29.1 Å². The molecule has 0 N–H and O–H groups in total. The minimum absolute atomic E-state index is 0.138. The fourth-order valence-corrected chi connectivity index (χ4v) is 4.94. The van der Waals surface area contributed by atoms with Gasteiger partial charge in [-0.15, -0.1) is 0 Å². The zero-order chi connectivity index (χ0) is 25.1. The Kier molecular flexibility index (Phi) is 6.92. The van der Waals surface area contributed by atoms with E-state index in [4.69, 9.17) is 9.47 Å². The molecule has 4 rings (SSSR count). The van der Waals surface area contributed by atoms with E-state index in [-0.39, 0.29) is 23.4 Å². The summed E-state index contributed by atoms with van der Waals surface area (Å²) in [6.45, 7) is 5.94. The highest BCUT2D eigenvalue weighted by Gasteiger charge is 2.34. The van der Waals surface area contributed by atoms with Crippen molar-refractivity contribution in [1.82, 2.24) is 4.57 Å². The van der Waals surface area contributed by atoms with Crippen LogP contribution in [0.1, 0.15) is 37.9 Å². The van der Waals surface area contributed by atoms with Crippen LogP contribution in [0, 0.1) is 10.1 Å². The van der Waals surface area contributed by atoms with Gasteiger partial charge in [0.1, 0.15) is 5.75 Å². The predicted molar refractivity (Wildman–Crippen MR) is 131 cm³/mol. The molecule has 0 fully saturated rings. The molecule has 1 aliphatic rings. The standard InChI is InChI=1S/C25H23N3O6S/c1-4-33-19-11-9-16(10-12-19)13-20-23(29)27-22(17-7-6-8-18(14-17)28(31)32)21(24(30)34-5-2)15(3)26-25(27)35-20/h6-14,22H,4-5H2,1-3H3. The number of aromatic nitrogens is 1. The smallest absolute Gasteiger partial charge is 0.338 e. The Hall–Kier alpha value is -4.05. The number of benzene rings is 2. The Bertz CT molecular complexity index is 1500. The molecule has 0 saturated heterocycles. The summed E-state index contributed by atoms with van der Waals surface area (Å²) >= 11 is 1.19. The summed E-state index contributed by atoms with van der Waals surface area (Å²) in [5.41, 5.74) is 1.30. The molecule has 2 heterocycles. The summed E-state index contributed by atoms with van der Waals surface area (Å²) in [5, 5.41) is 11.4. The molecule has 0 aliphatic carbocycles. The molecule has 1 unspecified atom stereocenters. The number of ether oxygens (including phenoxy) is 2. The number of carbonyl (C=O) groups is 1. The average molecular weight is 494 g/mol. The number of fused-ring (bicyclic) bond motifs is 1. The van der Waals surface area contributed by atoms with E-state index in [2.05, 4.69) is 4.99 Å². The Morgan fingerprint density at radius 1 is 1.20 bits per heavy atom. The summed E-state index contributed by atoms with van der Waals surface area (Å²) in [6.07, 6.45) is 1.74. The number of non-ortho nitro benzene ring substituents is 1. The minimum atomic E-state index is -0.910. The molecular formula is C25H23N3O6S.